The monoisotopic (exact) mass is 214 g/mol. The van der Waals surface area contributed by atoms with E-state index >= 15 is 0 Å². The molecule has 0 aliphatic rings. The number of benzene rings is 1. The summed E-state index contributed by atoms with van der Waals surface area (Å²) in [5, 5.41) is 0. The lowest BCUT2D eigenvalue weighted by atomic mass is 10.0. The fourth-order valence-corrected chi connectivity index (χ4v) is 1.69. The van der Waals surface area contributed by atoms with E-state index in [-0.39, 0.29) is 0 Å². The Morgan fingerprint density at radius 2 is 1.64 bits per heavy atom. The summed E-state index contributed by atoms with van der Waals surface area (Å²) in [5.41, 5.74) is 3.06. The number of hydrogen-bond donors (Lipinski definition) is 0. The minimum absolute atomic E-state index is 0.413. The molecule has 0 saturated heterocycles. The molecule has 0 radical (unpaired) electrons. The highest BCUT2D eigenvalue weighted by Crippen LogP contribution is 2.24. The lowest BCUT2D eigenvalue weighted by molar-refractivity contribution is 0.490. The van der Waals surface area contributed by atoms with E-state index in [0.29, 0.717) is 5.75 Å². The van der Waals surface area contributed by atoms with Crippen LogP contribution in [0.15, 0.2) is 12.1 Å². The van der Waals surface area contributed by atoms with Crippen molar-refractivity contribution in [2.45, 2.75) is 20.8 Å². The maximum absolute atomic E-state index is 10.9. The summed E-state index contributed by atoms with van der Waals surface area (Å²) in [5.74, 6) is 0.413. The minimum atomic E-state index is -3.43. The Labute approximate surface area is 84.8 Å². The van der Waals surface area contributed by atoms with Gasteiger partial charge >= 0.3 is 10.1 Å². The van der Waals surface area contributed by atoms with Gasteiger partial charge in [0.05, 0.1) is 6.26 Å². The van der Waals surface area contributed by atoms with Gasteiger partial charge in [-0.15, -0.1) is 0 Å². The molecule has 4 heteroatoms. The largest absolute Gasteiger partial charge is 0.382 e. The molecule has 0 spiro atoms. The smallest absolute Gasteiger partial charge is 0.306 e. The molecule has 0 amide bonds. The van der Waals surface area contributed by atoms with E-state index in [1.807, 2.05) is 26.8 Å². The van der Waals surface area contributed by atoms with Crippen LogP contribution < -0.4 is 4.18 Å². The molecule has 0 unspecified atom stereocenters. The molecule has 1 rings (SSSR count). The molecule has 1 aromatic rings. The maximum Gasteiger partial charge on any atom is 0.306 e. The third kappa shape index (κ3) is 2.48. The Morgan fingerprint density at radius 1 is 1.07 bits per heavy atom. The Kier molecular flexibility index (Phi) is 2.85. The molecule has 0 aliphatic heterocycles. The average Bonchev–Trinajstić information content (AvgIpc) is 2.04. The van der Waals surface area contributed by atoms with Crippen molar-refractivity contribution < 1.29 is 12.6 Å². The molecule has 0 heterocycles. The van der Waals surface area contributed by atoms with Gasteiger partial charge in [0.25, 0.3) is 0 Å². The SMILES string of the molecule is Cc1ccc(OS(C)(=O)=O)c(C)c1C. The van der Waals surface area contributed by atoms with E-state index < -0.39 is 10.1 Å². The van der Waals surface area contributed by atoms with Crippen LogP contribution in [-0.2, 0) is 10.1 Å². The summed E-state index contributed by atoms with van der Waals surface area (Å²) < 4.78 is 26.7. The van der Waals surface area contributed by atoms with Crippen molar-refractivity contribution in [1.82, 2.24) is 0 Å². The summed E-state index contributed by atoms with van der Waals surface area (Å²) in [6.45, 7) is 5.77. The van der Waals surface area contributed by atoms with E-state index in [4.69, 9.17) is 4.18 Å². The zero-order chi connectivity index (χ0) is 10.9. The van der Waals surface area contributed by atoms with E-state index in [9.17, 15) is 8.42 Å². The van der Waals surface area contributed by atoms with E-state index in [1.165, 1.54) is 0 Å². The highest BCUT2D eigenvalue weighted by Gasteiger charge is 2.09. The van der Waals surface area contributed by atoms with Gasteiger partial charge in [-0.2, -0.15) is 8.42 Å². The number of aryl methyl sites for hydroxylation is 1. The molecular weight excluding hydrogens is 200 g/mol. The summed E-state index contributed by atoms with van der Waals surface area (Å²) >= 11 is 0. The first-order valence-corrected chi connectivity index (χ1v) is 6.09. The second-order valence-corrected chi connectivity index (χ2v) is 4.99. The van der Waals surface area contributed by atoms with Crippen molar-refractivity contribution >= 4 is 10.1 Å². The molecule has 3 nitrogen and oxygen atoms in total. The van der Waals surface area contributed by atoms with Crippen molar-refractivity contribution in [2.24, 2.45) is 0 Å². The molecule has 0 aromatic heterocycles. The maximum atomic E-state index is 10.9. The van der Waals surface area contributed by atoms with Crippen molar-refractivity contribution in [2.75, 3.05) is 6.26 Å². The lowest BCUT2D eigenvalue weighted by Crippen LogP contribution is -2.07. The second-order valence-electron chi connectivity index (χ2n) is 3.42. The van der Waals surface area contributed by atoms with Crippen LogP contribution in [0.3, 0.4) is 0 Å². The molecule has 0 fully saturated rings. The van der Waals surface area contributed by atoms with Gasteiger partial charge in [0.1, 0.15) is 5.75 Å². The molecule has 0 bridgehead atoms. The van der Waals surface area contributed by atoms with Gasteiger partial charge in [-0.05, 0) is 43.5 Å². The van der Waals surface area contributed by atoms with Crippen LogP contribution in [-0.4, -0.2) is 14.7 Å². The van der Waals surface area contributed by atoms with Crippen LogP contribution in [0.5, 0.6) is 5.75 Å². The third-order valence-electron chi connectivity index (χ3n) is 2.25. The van der Waals surface area contributed by atoms with Crippen molar-refractivity contribution in [3.8, 4) is 5.75 Å². The Bertz CT molecular complexity index is 447. The minimum Gasteiger partial charge on any atom is -0.382 e. The summed E-state index contributed by atoms with van der Waals surface area (Å²) in [7, 11) is -3.43. The first-order chi connectivity index (χ1) is 6.31. The molecule has 78 valence electrons. The molecule has 14 heavy (non-hydrogen) atoms. The average molecular weight is 214 g/mol. The summed E-state index contributed by atoms with van der Waals surface area (Å²) in [6.07, 6.45) is 1.04. The molecule has 0 saturated carbocycles. The summed E-state index contributed by atoms with van der Waals surface area (Å²) in [4.78, 5) is 0. The van der Waals surface area contributed by atoms with E-state index in [0.717, 1.165) is 22.9 Å². The molecular formula is C10H14O3S. The van der Waals surface area contributed by atoms with E-state index in [1.54, 1.807) is 6.07 Å². The predicted octanol–water partition coefficient (Wildman–Crippen LogP) is 1.95. The highest BCUT2D eigenvalue weighted by atomic mass is 32.2. The van der Waals surface area contributed by atoms with Gasteiger partial charge in [0.2, 0.25) is 0 Å². The zero-order valence-electron chi connectivity index (χ0n) is 8.79. The van der Waals surface area contributed by atoms with Crippen LogP contribution in [0.4, 0.5) is 0 Å². The van der Waals surface area contributed by atoms with Gasteiger partial charge < -0.3 is 4.18 Å². The summed E-state index contributed by atoms with van der Waals surface area (Å²) in [6, 6.07) is 3.53. The van der Waals surface area contributed by atoms with Crippen LogP contribution in [0.2, 0.25) is 0 Å². The first kappa shape index (κ1) is 11.0. The lowest BCUT2D eigenvalue weighted by Gasteiger charge is -2.10. The zero-order valence-corrected chi connectivity index (χ0v) is 9.60. The first-order valence-electron chi connectivity index (χ1n) is 4.27. The third-order valence-corrected chi connectivity index (χ3v) is 2.73. The molecule has 1 aromatic carbocycles. The number of rotatable bonds is 2. The van der Waals surface area contributed by atoms with Gasteiger partial charge in [0.15, 0.2) is 0 Å². The van der Waals surface area contributed by atoms with Gasteiger partial charge in [0, 0.05) is 0 Å². The van der Waals surface area contributed by atoms with Crippen LogP contribution in [0.1, 0.15) is 16.7 Å². The fraction of sp³-hybridized carbons (Fsp3) is 0.400. The van der Waals surface area contributed by atoms with Crippen molar-refractivity contribution in [3.05, 3.63) is 28.8 Å². The Balaban J connectivity index is 3.19. The van der Waals surface area contributed by atoms with Gasteiger partial charge in [-0.1, -0.05) is 6.07 Å². The van der Waals surface area contributed by atoms with Gasteiger partial charge in [-0.25, -0.2) is 0 Å². The quantitative estimate of drug-likeness (QED) is 0.707. The van der Waals surface area contributed by atoms with Crippen LogP contribution >= 0.6 is 0 Å². The van der Waals surface area contributed by atoms with Crippen LogP contribution in [0, 0.1) is 20.8 Å². The number of hydrogen-bond acceptors (Lipinski definition) is 3. The second kappa shape index (κ2) is 3.61. The Morgan fingerprint density at radius 3 is 2.14 bits per heavy atom. The van der Waals surface area contributed by atoms with Gasteiger partial charge in [-0.3, -0.25) is 0 Å². The standard InChI is InChI=1S/C10H14O3S/c1-7-5-6-10(9(3)8(7)2)13-14(4,11)12/h5-6H,1-4H3. The topological polar surface area (TPSA) is 43.4 Å². The molecule has 0 atom stereocenters. The Hall–Kier alpha value is -1.03. The molecule has 0 aliphatic carbocycles. The van der Waals surface area contributed by atoms with Crippen LogP contribution in [0.25, 0.3) is 0 Å². The molecule has 0 N–H and O–H groups in total. The normalized spacial score (nSPS) is 11.4. The predicted molar refractivity (Wildman–Crippen MR) is 56.1 cm³/mol. The van der Waals surface area contributed by atoms with E-state index in [2.05, 4.69) is 0 Å². The van der Waals surface area contributed by atoms with Crippen molar-refractivity contribution in [1.29, 1.82) is 0 Å². The van der Waals surface area contributed by atoms with Crippen molar-refractivity contribution in [3.63, 3.8) is 0 Å². The highest BCUT2D eigenvalue weighted by molar-refractivity contribution is 7.86. The fourth-order valence-electron chi connectivity index (χ4n) is 1.18.